The highest BCUT2D eigenvalue weighted by atomic mass is 16.4. The van der Waals surface area contributed by atoms with Crippen molar-refractivity contribution >= 4 is 11.9 Å². The van der Waals surface area contributed by atoms with Gasteiger partial charge in [-0.3, -0.25) is 9.59 Å². The fraction of sp³-hybridized carbons (Fsp3) is 0.909. The predicted octanol–water partition coefficient (Wildman–Crippen LogP) is 6.81. The van der Waals surface area contributed by atoms with Crippen LogP contribution in [-0.2, 0) is 9.59 Å². The fourth-order valence-electron chi connectivity index (χ4n) is 3.46. The van der Waals surface area contributed by atoms with E-state index in [1.807, 2.05) is 0 Å². The van der Waals surface area contributed by atoms with Gasteiger partial charge in [0.15, 0.2) is 0 Å². The van der Waals surface area contributed by atoms with Crippen LogP contribution < -0.4 is 0 Å². The van der Waals surface area contributed by atoms with Gasteiger partial charge >= 0.3 is 11.9 Å². The molecule has 0 aromatic carbocycles. The van der Waals surface area contributed by atoms with Gasteiger partial charge in [-0.15, -0.1) is 0 Å². The van der Waals surface area contributed by atoms with E-state index in [1.54, 1.807) is 0 Å². The molecule has 0 unspecified atom stereocenters. The second-order valence-corrected chi connectivity index (χ2v) is 7.72. The van der Waals surface area contributed by atoms with Crippen molar-refractivity contribution in [3.05, 3.63) is 0 Å². The first-order valence-corrected chi connectivity index (χ1v) is 11.0. The zero-order valence-electron chi connectivity index (χ0n) is 17.0. The lowest BCUT2D eigenvalue weighted by Gasteiger charge is -2.09. The molecule has 0 radical (unpaired) electrons. The molecule has 2 N–H and O–H groups in total. The number of aliphatic carboxylic acids is 2. The monoisotopic (exact) mass is 370 g/mol. The van der Waals surface area contributed by atoms with Crippen molar-refractivity contribution in [1.29, 1.82) is 0 Å². The number of rotatable bonds is 20. The van der Waals surface area contributed by atoms with Gasteiger partial charge in [0, 0.05) is 0 Å². The van der Waals surface area contributed by atoms with E-state index in [-0.39, 0.29) is 6.42 Å². The van der Waals surface area contributed by atoms with Crippen LogP contribution in [0.1, 0.15) is 122 Å². The molecule has 4 nitrogen and oxygen atoms in total. The van der Waals surface area contributed by atoms with Crippen molar-refractivity contribution in [1.82, 2.24) is 0 Å². The van der Waals surface area contributed by atoms with Gasteiger partial charge in [0.25, 0.3) is 0 Å². The van der Waals surface area contributed by atoms with Crippen molar-refractivity contribution in [2.45, 2.75) is 122 Å². The fourth-order valence-corrected chi connectivity index (χ4v) is 3.46. The first-order valence-electron chi connectivity index (χ1n) is 11.0. The highest BCUT2D eigenvalue weighted by molar-refractivity contribution is 5.77. The van der Waals surface area contributed by atoms with Crippen molar-refractivity contribution in [2.24, 2.45) is 5.92 Å². The minimum absolute atomic E-state index is 0.256. The number of carboxylic acid groups (broad SMARTS) is 2. The Balaban J connectivity index is 3.26. The molecule has 0 aliphatic carbocycles. The van der Waals surface area contributed by atoms with E-state index in [0.717, 1.165) is 19.3 Å². The van der Waals surface area contributed by atoms with E-state index in [0.29, 0.717) is 6.42 Å². The van der Waals surface area contributed by atoms with Crippen LogP contribution >= 0.6 is 0 Å². The molecule has 4 heteroatoms. The first kappa shape index (κ1) is 24.9. The topological polar surface area (TPSA) is 74.6 Å². The van der Waals surface area contributed by atoms with Crippen molar-refractivity contribution in [3.63, 3.8) is 0 Å². The summed E-state index contributed by atoms with van der Waals surface area (Å²) in [6.45, 7) is 2.26. The van der Waals surface area contributed by atoms with Crippen LogP contribution in [0.2, 0.25) is 0 Å². The van der Waals surface area contributed by atoms with Gasteiger partial charge in [-0.2, -0.15) is 0 Å². The van der Waals surface area contributed by atoms with Gasteiger partial charge in [0.1, 0.15) is 0 Å². The molecule has 0 rings (SSSR count). The van der Waals surface area contributed by atoms with Gasteiger partial charge in [-0.05, 0) is 6.42 Å². The van der Waals surface area contributed by atoms with E-state index < -0.39 is 17.9 Å². The Bertz CT molecular complexity index is 341. The summed E-state index contributed by atoms with van der Waals surface area (Å²) in [7, 11) is 0. The summed E-state index contributed by atoms with van der Waals surface area (Å²) in [6, 6.07) is 0. The van der Waals surface area contributed by atoms with Crippen LogP contribution in [0.25, 0.3) is 0 Å². The molecule has 0 heterocycles. The Morgan fingerprint density at radius 1 is 0.615 bits per heavy atom. The molecule has 0 saturated heterocycles. The second kappa shape index (κ2) is 18.7. The summed E-state index contributed by atoms with van der Waals surface area (Å²) in [5.74, 6) is -2.72. The van der Waals surface area contributed by atoms with E-state index in [2.05, 4.69) is 6.92 Å². The molecule has 0 aromatic rings. The summed E-state index contributed by atoms with van der Waals surface area (Å²) in [5.41, 5.74) is 0. The van der Waals surface area contributed by atoms with Gasteiger partial charge < -0.3 is 10.2 Å². The minimum Gasteiger partial charge on any atom is -0.481 e. The lowest BCUT2D eigenvalue weighted by molar-refractivity contribution is -0.148. The van der Waals surface area contributed by atoms with Gasteiger partial charge in [0.2, 0.25) is 0 Å². The Labute approximate surface area is 160 Å². The molecule has 26 heavy (non-hydrogen) atoms. The standard InChI is InChI=1S/C22H42O4/c1-2-3-4-5-6-7-8-9-10-11-12-13-14-15-16-17-18-20(22(25)26)19-21(23)24/h20H,2-19H2,1H3,(H,23,24)(H,25,26)/t20-/m1/s1. The third kappa shape index (κ3) is 17.8. The third-order valence-corrected chi connectivity index (χ3v) is 5.18. The highest BCUT2D eigenvalue weighted by Crippen LogP contribution is 2.17. The van der Waals surface area contributed by atoms with Crippen LogP contribution in [0, 0.1) is 5.92 Å². The van der Waals surface area contributed by atoms with Crippen LogP contribution in [0.15, 0.2) is 0 Å². The molecule has 0 spiro atoms. The van der Waals surface area contributed by atoms with E-state index in [1.165, 1.54) is 83.5 Å². The van der Waals surface area contributed by atoms with Gasteiger partial charge in [0.05, 0.1) is 12.3 Å². The van der Waals surface area contributed by atoms with Crippen LogP contribution in [0.5, 0.6) is 0 Å². The SMILES string of the molecule is CCCCCCCCCCCCCCCCCC[C@H](CC(=O)O)C(=O)O. The average molecular weight is 371 g/mol. The summed E-state index contributed by atoms with van der Waals surface area (Å²) >= 11 is 0. The van der Waals surface area contributed by atoms with E-state index >= 15 is 0 Å². The zero-order valence-corrected chi connectivity index (χ0v) is 17.0. The van der Waals surface area contributed by atoms with Gasteiger partial charge in [-0.1, -0.05) is 110 Å². The van der Waals surface area contributed by atoms with Gasteiger partial charge in [-0.25, -0.2) is 0 Å². The second-order valence-electron chi connectivity index (χ2n) is 7.72. The number of hydrogen-bond acceptors (Lipinski definition) is 2. The molecular weight excluding hydrogens is 328 g/mol. The average Bonchev–Trinajstić information content (AvgIpc) is 2.59. The van der Waals surface area contributed by atoms with Crippen LogP contribution in [-0.4, -0.2) is 22.2 Å². The highest BCUT2D eigenvalue weighted by Gasteiger charge is 2.20. The molecule has 0 bridgehead atoms. The molecule has 0 aliphatic heterocycles. The normalized spacial score (nSPS) is 12.2. The maximum atomic E-state index is 11.0. The molecule has 154 valence electrons. The lowest BCUT2D eigenvalue weighted by atomic mass is 9.97. The summed E-state index contributed by atoms with van der Waals surface area (Å²) in [6.07, 6.45) is 20.9. The maximum Gasteiger partial charge on any atom is 0.307 e. The van der Waals surface area contributed by atoms with Crippen molar-refractivity contribution < 1.29 is 19.8 Å². The first-order chi connectivity index (χ1) is 12.6. The molecule has 0 saturated carbocycles. The molecule has 0 amide bonds. The van der Waals surface area contributed by atoms with Crippen molar-refractivity contribution in [3.8, 4) is 0 Å². The van der Waals surface area contributed by atoms with Crippen LogP contribution in [0.3, 0.4) is 0 Å². The number of carboxylic acids is 2. The number of unbranched alkanes of at least 4 members (excludes halogenated alkanes) is 15. The summed E-state index contributed by atoms with van der Waals surface area (Å²) < 4.78 is 0. The summed E-state index contributed by atoms with van der Waals surface area (Å²) in [4.78, 5) is 21.6. The Morgan fingerprint density at radius 2 is 0.962 bits per heavy atom. The quantitative estimate of drug-likeness (QED) is 0.231. The Kier molecular flexibility index (Phi) is 18.0. The third-order valence-electron chi connectivity index (χ3n) is 5.18. The number of carbonyl (C=O) groups is 2. The molecular formula is C22H42O4. The summed E-state index contributed by atoms with van der Waals surface area (Å²) in [5, 5.41) is 17.7. The predicted molar refractivity (Wildman–Crippen MR) is 108 cm³/mol. The van der Waals surface area contributed by atoms with Crippen molar-refractivity contribution in [2.75, 3.05) is 0 Å². The molecule has 0 aromatic heterocycles. The van der Waals surface area contributed by atoms with E-state index in [4.69, 9.17) is 10.2 Å². The molecule has 0 aliphatic rings. The molecule has 1 atom stereocenters. The number of hydrogen-bond donors (Lipinski definition) is 2. The maximum absolute atomic E-state index is 11.0. The minimum atomic E-state index is -1.02. The molecule has 0 fully saturated rings. The van der Waals surface area contributed by atoms with E-state index in [9.17, 15) is 9.59 Å². The Hall–Kier alpha value is -1.06. The van der Waals surface area contributed by atoms with Crippen LogP contribution in [0.4, 0.5) is 0 Å². The Morgan fingerprint density at radius 3 is 1.27 bits per heavy atom. The smallest absolute Gasteiger partial charge is 0.307 e. The zero-order chi connectivity index (χ0) is 19.5. The lowest BCUT2D eigenvalue weighted by Crippen LogP contribution is -2.17. The largest absolute Gasteiger partial charge is 0.481 e.